The van der Waals surface area contributed by atoms with Crippen molar-refractivity contribution in [2.24, 2.45) is 0 Å². The minimum Gasteiger partial charge on any atom is -0.399 e. The number of rotatable bonds is 5. The van der Waals surface area contributed by atoms with Crippen LogP contribution in [0.15, 0.2) is 48.5 Å². The van der Waals surface area contributed by atoms with Gasteiger partial charge in [0.05, 0.1) is 6.10 Å². The van der Waals surface area contributed by atoms with E-state index in [0.717, 1.165) is 16.1 Å². The zero-order valence-electron chi connectivity index (χ0n) is 11.5. The number of hydrogen-bond acceptors (Lipinski definition) is 3. The number of halogens is 1. The summed E-state index contributed by atoms with van der Waals surface area (Å²) < 4.78 is 0. The monoisotopic (exact) mass is 290 g/mol. The van der Waals surface area contributed by atoms with Crippen LogP contribution in [0.1, 0.15) is 17.2 Å². The topological polar surface area (TPSA) is 49.5 Å². The third kappa shape index (κ3) is 3.97. The maximum absolute atomic E-state index is 10.2. The molecule has 0 radical (unpaired) electrons. The van der Waals surface area contributed by atoms with Crippen LogP contribution < -0.4 is 5.73 Å². The van der Waals surface area contributed by atoms with Gasteiger partial charge in [0.1, 0.15) is 0 Å². The number of aliphatic hydroxyl groups excluding tert-OH is 1. The number of nitrogens with two attached hydrogens (primary N) is 1. The van der Waals surface area contributed by atoms with E-state index in [1.807, 2.05) is 54.4 Å². The Morgan fingerprint density at radius 3 is 2.65 bits per heavy atom. The van der Waals surface area contributed by atoms with Crippen LogP contribution in [-0.2, 0) is 6.54 Å². The van der Waals surface area contributed by atoms with Gasteiger partial charge < -0.3 is 10.8 Å². The van der Waals surface area contributed by atoms with Crippen LogP contribution in [0.5, 0.6) is 0 Å². The summed E-state index contributed by atoms with van der Waals surface area (Å²) in [6.45, 7) is 1.22. The molecule has 0 fully saturated rings. The number of hydrogen-bond donors (Lipinski definition) is 2. The predicted molar refractivity (Wildman–Crippen MR) is 83.6 cm³/mol. The summed E-state index contributed by atoms with van der Waals surface area (Å²) in [4.78, 5) is 2.04. The largest absolute Gasteiger partial charge is 0.399 e. The number of nitrogens with zero attached hydrogens (tertiary/aromatic N) is 1. The molecule has 0 aliphatic rings. The van der Waals surface area contributed by atoms with Crippen molar-refractivity contribution in [1.82, 2.24) is 4.90 Å². The first-order valence-electron chi connectivity index (χ1n) is 6.51. The Morgan fingerprint density at radius 1 is 1.20 bits per heavy atom. The fourth-order valence-corrected chi connectivity index (χ4v) is 2.34. The molecule has 3 nitrogen and oxygen atoms in total. The minimum atomic E-state index is -0.564. The SMILES string of the molecule is CN(Cc1ccccc1Cl)CC(O)c1cccc(N)c1. The molecule has 0 saturated carbocycles. The van der Waals surface area contributed by atoms with E-state index >= 15 is 0 Å². The lowest BCUT2D eigenvalue weighted by molar-refractivity contribution is 0.124. The molecule has 0 spiro atoms. The quantitative estimate of drug-likeness (QED) is 0.832. The van der Waals surface area contributed by atoms with Gasteiger partial charge in [-0.25, -0.2) is 0 Å². The van der Waals surface area contributed by atoms with Crippen LogP contribution in [-0.4, -0.2) is 23.6 Å². The van der Waals surface area contributed by atoms with Crippen molar-refractivity contribution < 1.29 is 5.11 Å². The van der Waals surface area contributed by atoms with Crippen LogP contribution in [0.25, 0.3) is 0 Å². The summed E-state index contributed by atoms with van der Waals surface area (Å²) in [6.07, 6.45) is -0.564. The van der Waals surface area contributed by atoms with Gasteiger partial charge >= 0.3 is 0 Å². The van der Waals surface area contributed by atoms with Gasteiger partial charge in [0.15, 0.2) is 0 Å². The third-order valence-corrected chi connectivity index (χ3v) is 3.55. The second-order valence-electron chi connectivity index (χ2n) is 4.97. The molecule has 20 heavy (non-hydrogen) atoms. The first kappa shape index (κ1) is 14.9. The standard InChI is InChI=1S/C16H19ClN2O/c1-19(10-13-5-2-3-8-15(13)17)11-16(20)12-6-4-7-14(18)9-12/h2-9,16,20H,10-11,18H2,1H3. The molecule has 2 aromatic rings. The average molecular weight is 291 g/mol. The lowest BCUT2D eigenvalue weighted by Gasteiger charge is -2.21. The van der Waals surface area contributed by atoms with E-state index in [1.165, 1.54) is 0 Å². The second-order valence-corrected chi connectivity index (χ2v) is 5.38. The lowest BCUT2D eigenvalue weighted by Crippen LogP contribution is -2.24. The van der Waals surface area contributed by atoms with Crippen molar-refractivity contribution in [2.75, 3.05) is 19.3 Å². The van der Waals surface area contributed by atoms with Gasteiger partial charge in [0.25, 0.3) is 0 Å². The summed E-state index contributed by atoms with van der Waals surface area (Å²) in [5.74, 6) is 0. The van der Waals surface area contributed by atoms with Crippen molar-refractivity contribution in [3.05, 3.63) is 64.7 Å². The molecule has 1 atom stereocenters. The maximum atomic E-state index is 10.2. The van der Waals surface area contributed by atoms with E-state index in [2.05, 4.69) is 0 Å². The van der Waals surface area contributed by atoms with E-state index in [0.29, 0.717) is 18.8 Å². The van der Waals surface area contributed by atoms with E-state index < -0.39 is 6.10 Å². The van der Waals surface area contributed by atoms with Gasteiger partial charge in [-0.15, -0.1) is 0 Å². The van der Waals surface area contributed by atoms with Crippen molar-refractivity contribution in [2.45, 2.75) is 12.6 Å². The Kier molecular flexibility index (Phi) is 5.01. The molecule has 0 bridgehead atoms. The molecule has 2 rings (SSSR count). The molecular weight excluding hydrogens is 272 g/mol. The molecule has 4 heteroatoms. The number of anilines is 1. The summed E-state index contributed by atoms with van der Waals surface area (Å²) in [5, 5.41) is 11.0. The minimum absolute atomic E-state index is 0.522. The molecule has 0 amide bonds. The third-order valence-electron chi connectivity index (χ3n) is 3.18. The zero-order chi connectivity index (χ0) is 14.5. The van der Waals surface area contributed by atoms with Gasteiger partial charge in [-0.2, -0.15) is 0 Å². The summed E-state index contributed by atoms with van der Waals surface area (Å²) in [7, 11) is 1.96. The Morgan fingerprint density at radius 2 is 1.95 bits per heavy atom. The Bertz CT molecular complexity index is 574. The highest BCUT2D eigenvalue weighted by atomic mass is 35.5. The Balaban J connectivity index is 1.98. The molecule has 0 aromatic heterocycles. The number of aliphatic hydroxyl groups is 1. The van der Waals surface area contributed by atoms with Crippen molar-refractivity contribution >= 4 is 17.3 Å². The van der Waals surface area contributed by atoms with Crippen molar-refractivity contribution in [1.29, 1.82) is 0 Å². The van der Waals surface area contributed by atoms with E-state index in [9.17, 15) is 5.11 Å². The highest BCUT2D eigenvalue weighted by Crippen LogP contribution is 2.20. The second kappa shape index (κ2) is 6.75. The summed E-state index contributed by atoms with van der Waals surface area (Å²) in [5.41, 5.74) is 8.27. The van der Waals surface area contributed by atoms with E-state index in [-0.39, 0.29) is 0 Å². The molecule has 0 aliphatic carbocycles. The molecule has 2 aromatic carbocycles. The number of nitrogen functional groups attached to an aromatic ring is 1. The van der Waals surface area contributed by atoms with Crippen LogP contribution in [0.4, 0.5) is 5.69 Å². The molecule has 1 unspecified atom stereocenters. The molecule has 3 N–H and O–H groups in total. The molecule has 0 heterocycles. The highest BCUT2D eigenvalue weighted by Gasteiger charge is 2.12. The highest BCUT2D eigenvalue weighted by molar-refractivity contribution is 6.31. The molecular formula is C16H19ClN2O. The van der Waals surface area contributed by atoms with Gasteiger partial charge in [0.2, 0.25) is 0 Å². The van der Waals surface area contributed by atoms with Crippen LogP contribution >= 0.6 is 11.6 Å². The summed E-state index contributed by atoms with van der Waals surface area (Å²) in [6, 6.07) is 15.1. The molecule has 0 aliphatic heterocycles. The van der Waals surface area contributed by atoms with Gasteiger partial charge in [0, 0.05) is 23.8 Å². The van der Waals surface area contributed by atoms with E-state index in [1.54, 1.807) is 6.07 Å². The maximum Gasteiger partial charge on any atom is 0.0917 e. The average Bonchev–Trinajstić information content (AvgIpc) is 2.41. The first-order chi connectivity index (χ1) is 9.56. The fourth-order valence-electron chi connectivity index (χ4n) is 2.15. The number of benzene rings is 2. The summed E-state index contributed by atoms with van der Waals surface area (Å²) >= 11 is 6.14. The van der Waals surface area contributed by atoms with Gasteiger partial charge in [-0.1, -0.05) is 41.9 Å². The van der Waals surface area contributed by atoms with Gasteiger partial charge in [-0.3, -0.25) is 4.90 Å². The number of likely N-dealkylation sites (N-methyl/N-ethyl adjacent to an activating group) is 1. The van der Waals surface area contributed by atoms with E-state index in [4.69, 9.17) is 17.3 Å². The zero-order valence-corrected chi connectivity index (χ0v) is 12.2. The van der Waals surface area contributed by atoms with Gasteiger partial charge in [-0.05, 0) is 36.4 Å². The van der Waals surface area contributed by atoms with Crippen LogP contribution in [0.3, 0.4) is 0 Å². The van der Waals surface area contributed by atoms with Crippen molar-refractivity contribution in [3.8, 4) is 0 Å². The lowest BCUT2D eigenvalue weighted by atomic mass is 10.1. The smallest absolute Gasteiger partial charge is 0.0917 e. The molecule has 106 valence electrons. The normalized spacial score (nSPS) is 12.6. The predicted octanol–water partition coefficient (Wildman–Crippen LogP) is 3.09. The fraction of sp³-hybridized carbons (Fsp3) is 0.250. The molecule has 0 saturated heterocycles. The first-order valence-corrected chi connectivity index (χ1v) is 6.89. The van der Waals surface area contributed by atoms with Crippen molar-refractivity contribution in [3.63, 3.8) is 0 Å². The Labute approximate surface area is 124 Å². The Hall–Kier alpha value is -1.55. The van der Waals surface area contributed by atoms with Crippen LogP contribution in [0, 0.1) is 0 Å². The van der Waals surface area contributed by atoms with Crippen LogP contribution in [0.2, 0.25) is 5.02 Å².